The summed E-state index contributed by atoms with van der Waals surface area (Å²) in [5, 5.41) is 14.7. The highest BCUT2D eigenvalue weighted by Crippen LogP contribution is 2.39. The molecule has 0 bridgehead atoms. The lowest BCUT2D eigenvalue weighted by Crippen LogP contribution is -2.49. The van der Waals surface area contributed by atoms with Crippen molar-refractivity contribution in [1.82, 2.24) is 0 Å². The molecule has 0 amide bonds. The van der Waals surface area contributed by atoms with E-state index in [9.17, 15) is 5.11 Å². The van der Waals surface area contributed by atoms with Crippen LogP contribution in [0.1, 0.15) is 33.6 Å². The van der Waals surface area contributed by atoms with Gasteiger partial charge in [-0.1, -0.05) is 20.8 Å². The number of ether oxygens (including phenoxy) is 1. The molecule has 0 aromatic rings. The van der Waals surface area contributed by atoms with E-state index in [-0.39, 0.29) is 11.1 Å². The first kappa shape index (κ1) is 15.5. The Kier molecular flexibility index (Phi) is 5.11. The van der Waals surface area contributed by atoms with Gasteiger partial charge in [0, 0.05) is 12.6 Å². The van der Waals surface area contributed by atoms with Crippen molar-refractivity contribution in [3.05, 3.63) is 0 Å². The smallest absolute Gasteiger partial charge is 0.210 e. The highest BCUT2D eigenvalue weighted by molar-refractivity contribution is 6.74. The maximum Gasteiger partial charge on any atom is 0.210 e. The van der Waals surface area contributed by atoms with Gasteiger partial charge in [0.05, 0.1) is 12.2 Å². The van der Waals surface area contributed by atoms with Crippen LogP contribution in [-0.4, -0.2) is 58.7 Å². The second kappa shape index (κ2) is 6.26. The fourth-order valence-electron chi connectivity index (χ4n) is 1.94. The van der Waals surface area contributed by atoms with Crippen LogP contribution in [0.25, 0.3) is 0 Å². The fourth-order valence-corrected chi connectivity index (χ4v) is 3.25. The zero-order valence-electron chi connectivity index (χ0n) is 13.7. The van der Waals surface area contributed by atoms with Crippen LogP contribution in [-0.2, 0) is 9.16 Å². The molecule has 0 saturated carbocycles. The van der Waals surface area contributed by atoms with E-state index in [4.69, 9.17) is 18.4 Å². The molecule has 2 N–H and O–H groups in total. The Morgan fingerprint density at radius 3 is 2.58 bits per heavy atom. The zero-order valence-corrected chi connectivity index (χ0v) is 13.7. The van der Waals surface area contributed by atoms with Crippen molar-refractivity contribution in [2.45, 2.75) is 76.1 Å². The molecule has 4 atom stereocenters. The number of aliphatic hydroxyl groups is 2. The molecule has 0 spiro atoms. The van der Waals surface area contributed by atoms with Gasteiger partial charge in [0.1, 0.15) is 14.0 Å². The average Bonchev–Trinajstić information content (AvgIpc) is 2.56. The number of hydrogen-bond acceptors (Lipinski definition) is 4. The van der Waals surface area contributed by atoms with Crippen LogP contribution in [0.4, 0.5) is 0 Å². The molecule has 2 radical (unpaired) electrons. The quantitative estimate of drug-likeness (QED) is 0.573. The molecule has 110 valence electrons. The van der Waals surface area contributed by atoms with Crippen molar-refractivity contribution in [1.29, 1.82) is 1.43 Å². The Morgan fingerprint density at radius 1 is 1.42 bits per heavy atom. The van der Waals surface area contributed by atoms with Crippen LogP contribution in [0.5, 0.6) is 0 Å². The number of rotatable bonds is 6. The Hall–Kier alpha value is 0.122. The van der Waals surface area contributed by atoms with Gasteiger partial charge in [0.25, 0.3) is 0 Å². The van der Waals surface area contributed by atoms with Crippen LogP contribution in [0, 0.1) is 0 Å². The predicted octanol–water partition coefficient (Wildman–Crippen LogP) is 1.40. The van der Waals surface area contributed by atoms with E-state index in [0.717, 1.165) is 0 Å². The van der Waals surface area contributed by atoms with Gasteiger partial charge in [0.15, 0.2) is 8.32 Å². The summed E-state index contributed by atoms with van der Waals surface area (Å²) in [6.07, 6.45) is -0.256. The maximum absolute atomic E-state index is 10.4. The first-order chi connectivity index (χ1) is 9.10. The van der Waals surface area contributed by atoms with Crippen molar-refractivity contribution in [2.24, 2.45) is 0 Å². The summed E-state index contributed by atoms with van der Waals surface area (Å²) in [5.74, 6) is 0. The second-order valence-corrected chi connectivity index (χ2v) is 11.6. The van der Waals surface area contributed by atoms with Crippen molar-refractivity contribution < 1.29 is 19.4 Å². The molecule has 19 heavy (non-hydrogen) atoms. The van der Waals surface area contributed by atoms with E-state index in [1.165, 1.54) is 0 Å². The lowest BCUT2D eigenvalue weighted by molar-refractivity contribution is 0.0169. The summed E-state index contributed by atoms with van der Waals surface area (Å²) in [7, 11) is 3.97. The average molecular weight is 288 g/mol. The molecule has 0 aromatic heterocycles. The topological polar surface area (TPSA) is 58.9 Å². The summed E-state index contributed by atoms with van der Waals surface area (Å²) >= 11 is 0. The molecule has 0 aromatic carbocycles. The van der Waals surface area contributed by atoms with Crippen molar-refractivity contribution >= 4 is 16.2 Å². The first-order valence-electron chi connectivity index (χ1n) is 7.36. The second-order valence-electron chi connectivity index (χ2n) is 6.82. The van der Waals surface area contributed by atoms with E-state index in [1.807, 2.05) is 0 Å². The largest absolute Gasteiger partial charge is 0.409 e. The van der Waals surface area contributed by atoms with Gasteiger partial charge in [-0.2, -0.15) is 0 Å². The van der Waals surface area contributed by atoms with Gasteiger partial charge >= 0.3 is 0 Å². The molecule has 1 saturated heterocycles. The highest BCUT2D eigenvalue weighted by atomic mass is 28.4. The van der Waals surface area contributed by atoms with Crippen molar-refractivity contribution in [3.8, 4) is 0 Å². The molecule has 1 fully saturated rings. The molecular weight excluding hydrogens is 259 g/mol. The molecule has 0 aliphatic carbocycles. The van der Waals surface area contributed by atoms with Crippen LogP contribution >= 0.6 is 0 Å². The minimum Gasteiger partial charge on any atom is -0.409 e. The monoisotopic (exact) mass is 288 g/mol. The Morgan fingerprint density at radius 2 is 2.05 bits per heavy atom. The van der Waals surface area contributed by atoms with Crippen molar-refractivity contribution in [3.63, 3.8) is 0 Å². The summed E-state index contributed by atoms with van der Waals surface area (Å²) in [4.78, 5) is 0. The van der Waals surface area contributed by atoms with Crippen molar-refractivity contribution in [2.75, 3.05) is 6.61 Å². The minimum atomic E-state index is -2.00. The first-order valence-corrected chi connectivity index (χ1v) is 9.86. The molecule has 6 heteroatoms. The van der Waals surface area contributed by atoms with Crippen LogP contribution in [0.2, 0.25) is 18.1 Å². The molecule has 4 nitrogen and oxygen atoms in total. The van der Waals surface area contributed by atoms with Gasteiger partial charge in [-0.15, -0.1) is 0 Å². The standard InChI is InChI=1S/C13H27BO4Si/c1-13(2,3)19(4,5)18-11-10(16)9(7-6-8-15)17-12(11)14/h9-12,15-16H,6-8H2,1-5H3/t9-,10+,11?,12-/m1/s1/i15T. The maximum atomic E-state index is 10.4. The molecule has 1 heterocycles. The van der Waals surface area contributed by atoms with E-state index < -0.39 is 26.5 Å². The normalized spacial score (nSPS) is 33.5. The molecule has 1 aliphatic heterocycles. The predicted molar refractivity (Wildman–Crippen MR) is 78.8 cm³/mol. The highest BCUT2D eigenvalue weighted by Gasteiger charge is 2.47. The van der Waals surface area contributed by atoms with Crippen LogP contribution < -0.4 is 0 Å². The van der Waals surface area contributed by atoms with Gasteiger partial charge in [-0.05, 0) is 31.0 Å². The SMILES string of the molecule is [3H]OCCC[C@H]1O[C@@H]([B])C(O[Si](C)(C)C(C)(C)C)[C@H]1O. The van der Waals surface area contributed by atoms with Crippen LogP contribution in [0.15, 0.2) is 0 Å². The summed E-state index contributed by atoms with van der Waals surface area (Å²) in [5.41, 5.74) is 0. The van der Waals surface area contributed by atoms with E-state index >= 15 is 0 Å². The van der Waals surface area contributed by atoms with E-state index in [2.05, 4.69) is 39.0 Å². The van der Waals surface area contributed by atoms with E-state index in [0.29, 0.717) is 19.4 Å². The van der Waals surface area contributed by atoms with E-state index in [1.54, 1.807) is 0 Å². The Bertz CT molecular complexity index is 311. The Labute approximate surface area is 120 Å². The third-order valence-electron chi connectivity index (χ3n) is 4.24. The third kappa shape index (κ3) is 4.05. The lowest BCUT2D eigenvalue weighted by atomic mass is 9.92. The minimum absolute atomic E-state index is 0.0591. The van der Waals surface area contributed by atoms with Gasteiger partial charge in [-0.3, -0.25) is 0 Å². The molecular formula is C13H27BO4Si. The molecule has 1 unspecified atom stereocenters. The Balaban J connectivity index is 2.63. The molecule has 1 rings (SSSR count). The number of hydrogen-bond donors (Lipinski definition) is 2. The van der Waals surface area contributed by atoms with Crippen LogP contribution in [0.3, 0.4) is 0 Å². The summed E-state index contributed by atoms with van der Waals surface area (Å²) < 4.78 is 18.4. The van der Waals surface area contributed by atoms with Gasteiger partial charge in [-0.25, -0.2) is 0 Å². The summed E-state index contributed by atoms with van der Waals surface area (Å²) in [6, 6.07) is -0.596. The molecule has 1 aliphatic rings. The fraction of sp³-hybridized carbons (Fsp3) is 1.00. The number of aliphatic hydroxyl groups excluding tert-OH is 2. The van der Waals surface area contributed by atoms with Gasteiger partial charge in [0.2, 0.25) is 1.43 Å². The third-order valence-corrected chi connectivity index (χ3v) is 8.72. The lowest BCUT2D eigenvalue weighted by Gasteiger charge is -2.39. The summed E-state index contributed by atoms with van der Waals surface area (Å²) in [6.45, 7) is 11.0. The zero-order chi connectivity index (χ0) is 15.6. The van der Waals surface area contributed by atoms with Gasteiger partial charge < -0.3 is 19.4 Å².